The van der Waals surface area contributed by atoms with Gasteiger partial charge in [-0.2, -0.15) is 10.5 Å². The molecule has 0 heterocycles. The number of carbonyl (C=O) groups excluding carboxylic acids is 1. The maximum atomic E-state index is 11.9. The van der Waals surface area contributed by atoms with Crippen LogP contribution in [0, 0.1) is 22.7 Å². The number of nitrogens with one attached hydrogen (secondary N) is 1. The zero-order valence-electron chi connectivity index (χ0n) is 11.4. The van der Waals surface area contributed by atoms with Crippen molar-refractivity contribution >= 4 is 17.5 Å². The van der Waals surface area contributed by atoms with E-state index in [9.17, 15) is 10.1 Å². The first kappa shape index (κ1) is 15.2. The van der Waals surface area contributed by atoms with E-state index >= 15 is 0 Å². The maximum Gasteiger partial charge on any atom is 0.259 e. The van der Waals surface area contributed by atoms with E-state index in [0.717, 1.165) is 12.8 Å². The van der Waals surface area contributed by atoms with Gasteiger partial charge in [-0.05, 0) is 43.9 Å². The number of rotatable bonds is 4. The van der Waals surface area contributed by atoms with E-state index in [4.69, 9.17) is 21.6 Å². The Morgan fingerprint density at radius 2 is 2.10 bits per heavy atom. The molecular formula is C15H14ClN3O2. The number of benzene rings is 1. The zero-order valence-corrected chi connectivity index (χ0v) is 12.1. The van der Waals surface area contributed by atoms with Gasteiger partial charge in [0.05, 0.1) is 22.7 Å². The van der Waals surface area contributed by atoms with Crippen LogP contribution in [0.5, 0.6) is 5.75 Å². The summed E-state index contributed by atoms with van der Waals surface area (Å²) in [6.07, 6.45) is 3.23. The molecule has 1 aliphatic rings. The molecule has 1 aromatic carbocycles. The largest absolute Gasteiger partial charge is 0.482 e. The van der Waals surface area contributed by atoms with Crippen LogP contribution in [0.2, 0.25) is 5.02 Å². The predicted octanol–water partition coefficient (Wildman–Crippen LogP) is 2.54. The number of nitrogens with zero attached hydrogens (tertiary/aromatic N) is 2. The van der Waals surface area contributed by atoms with Crippen LogP contribution < -0.4 is 10.1 Å². The van der Waals surface area contributed by atoms with Crippen molar-refractivity contribution in [3.63, 3.8) is 0 Å². The van der Waals surface area contributed by atoms with Crippen LogP contribution in [0.15, 0.2) is 18.2 Å². The van der Waals surface area contributed by atoms with Crippen molar-refractivity contribution < 1.29 is 9.53 Å². The Labute approximate surface area is 128 Å². The highest BCUT2D eigenvalue weighted by Gasteiger charge is 2.35. The molecule has 1 N–H and O–H groups in total. The zero-order chi connectivity index (χ0) is 15.3. The molecule has 0 bridgehead atoms. The minimum Gasteiger partial charge on any atom is -0.482 e. The summed E-state index contributed by atoms with van der Waals surface area (Å²) < 4.78 is 5.34. The Balaban J connectivity index is 1.93. The lowest BCUT2D eigenvalue weighted by atomic mass is 10.00. The van der Waals surface area contributed by atoms with Crippen LogP contribution in [0.25, 0.3) is 0 Å². The molecule has 0 spiro atoms. The quantitative estimate of drug-likeness (QED) is 0.926. The standard InChI is InChI=1S/C15H14ClN3O2/c16-12-7-11(8-17)3-4-13(12)21-9-14(20)19-15(10-18)5-1-2-6-15/h3-4,7H,1-2,5-6,9H2,(H,19,20). The fourth-order valence-corrected chi connectivity index (χ4v) is 2.61. The summed E-state index contributed by atoms with van der Waals surface area (Å²) in [5.74, 6) is -0.0119. The van der Waals surface area contributed by atoms with Crippen molar-refractivity contribution in [2.75, 3.05) is 6.61 Å². The fourth-order valence-electron chi connectivity index (χ4n) is 2.38. The Morgan fingerprint density at radius 1 is 1.38 bits per heavy atom. The first-order valence-electron chi connectivity index (χ1n) is 6.63. The molecule has 2 rings (SSSR count). The van der Waals surface area contributed by atoms with Crippen LogP contribution >= 0.6 is 11.6 Å². The van der Waals surface area contributed by atoms with Gasteiger partial charge in [0.25, 0.3) is 5.91 Å². The SMILES string of the molecule is N#Cc1ccc(OCC(=O)NC2(C#N)CCCC2)c(Cl)c1. The van der Waals surface area contributed by atoms with Crippen LogP contribution in [-0.4, -0.2) is 18.1 Å². The van der Waals surface area contributed by atoms with Crippen LogP contribution in [0.1, 0.15) is 31.2 Å². The molecule has 1 aromatic rings. The number of hydrogen-bond acceptors (Lipinski definition) is 4. The Kier molecular flexibility index (Phi) is 4.67. The third kappa shape index (κ3) is 3.65. The molecule has 21 heavy (non-hydrogen) atoms. The van der Waals surface area contributed by atoms with Gasteiger partial charge in [-0.15, -0.1) is 0 Å². The third-order valence-corrected chi connectivity index (χ3v) is 3.76. The van der Waals surface area contributed by atoms with E-state index in [0.29, 0.717) is 24.2 Å². The molecule has 1 aliphatic carbocycles. The number of hydrogen-bond donors (Lipinski definition) is 1. The number of carbonyl (C=O) groups is 1. The molecule has 6 heteroatoms. The van der Waals surface area contributed by atoms with Crippen molar-refractivity contribution in [3.8, 4) is 17.9 Å². The molecule has 0 unspecified atom stereocenters. The van der Waals surface area contributed by atoms with Gasteiger partial charge >= 0.3 is 0 Å². The molecule has 1 saturated carbocycles. The molecule has 1 amide bonds. The van der Waals surface area contributed by atoms with Gasteiger partial charge in [-0.3, -0.25) is 4.79 Å². The van der Waals surface area contributed by atoms with Gasteiger partial charge in [0.2, 0.25) is 0 Å². The number of ether oxygens (including phenoxy) is 1. The first-order valence-corrected chi connectivity index (χ1v) is 7.01. The first-order chi connectivity index (χ1) is 10.1. The Hall–Kier alpha value is -2.24. The molecule has 0 saturated heterocycles. The summed E-state index contributed by atoms with van der Waals surface area (Å²) in [4.78, 5) is 11.9. The highest BCUT2D eigenvalue weighted by Crippen LogP contribution is 2.29. The molecule has 0 aliphatic heterocycles. The molecule has 0 aromatic heterocycles. The van der Waals surface area contributed by atoms with Gasteiger partial charge in [-0.1, -0.05) is 11.6 Å². The Bertz CT molecular complexity index is 625. The second-order valence-electron chi connectivity index (χ2n) is 4.99. The summed E-state index contributed by atoms with van der Waals surface area (Å²) in [6.45, 7) is -0.213. The molecule has 108 valence electrons. The van der Waals surface area contributed by atoms with Gasteiger partial charge in [0.15, 0.2) is 6.61 Å². The highest BCUT2D eigenvalue weighted by atomic mass is 35.5. The summed E-state index contributed by atoms with van der Waals surface area (Å²) in [5.41, 5.74) is -0.333. The van der Waals surface area contributed by atoms with E-state index in [-0.39, 0.29) is 17.5 Å². The van der Waals surface area contributed by atoms with Crippen molar-refractivity contribution in [3.05, 3.63) is 28.8 Å². The third-order valence-electron chi connectivity index (χ3n) is 3.47. The topological polar surface area (TPSA) is 85.9 Å². The number of halogens is 1. The van der Waals surface area contributed by atoms with E-state index in [1.807, 2.05) is 6.07 Å². The normalized spacial score (nSPS) is 15.8. The average molecular weight is 304 g/mol. The van der Waals surface area contributed by atoms with Gasteiger partial charge in [0, 0.05) is 0 Å². The van der Waals surface area contributed by atoms with Crippen LogP contribution in [0.3, 0.4) is 0 Å². The lowest BCUT2D eigenvalue weighted by Crippen LogP contribution is -2.47. The lowest BCUT2D eigenvalue weighted by molar-refractivity contribution is -0.124. The van der Waals surface area contributed by atoms with Crippen molar-refractivity contribution in [2.45, 2.75) is 31.2 Å². The highest BCUT2D eigenvalue weighted by molar-refractivity contribution is 6.32. The van der Waals surface area contributed by atoms with E-state index in [2.05, 4.69) is 11.4 Å². The van der Waals surface area contributed by atoms with Gasteiger partial charge < -0.3 is 10.1 Å². The van der Waals surface area contributed by atoms with Crippen LogP contribution in [0.4, 0.5) is 0 Å². The predicted molar refractivity (Wildman–Crippen MR) is 76.6 cm³/mol. The smallest absolute Gasteiger partial charge is 0.259 e. The van der Waals surface area contributed by atoms with Crippen molar-refractivity contribution in [1.82, 2.24) is 5.32 Å². The molecule has 5 nitrogen and oxygen atoms in total. The van der Waals surface area contributed by atoms with E-state index in [1.54, 1.807) is 12.1 Å². The fraction of sp³-hybridized carbons (Fsp3) is 0.400. The number of amides is 1. The maximum absolute atomic E-state index is 11.9. The van der Waals surface area contributed by atoms with E-state index in [1.165, 1.54) is 6.07 Å². The van der Waals surface area contributed by atoms with Crippen molar-refractivity contribution in [2.24, 2.45) is 0 Å². The molecule has 1 fully saturated rings. The van der Waals surface area contributed by atoms with Crippen LogP contribution in [-0.2, 0) is 4.79 Å². The minimum atomic E-state index is -0.755. The summed E-state index contributed by atoms with van der Waals surface area (Å²) in [5, 5.41) is 20.9. The average Bonchev–Trinajstić information content (AvgIpc) is 2.95. The lowest BCUT2D eigenvalue weighted by Gasteiger charge is -2.22. The second kappa shape index (κ2) is 6.47. The Morgan fingerprint density at radius 3 is 2.67 bits per heavy atom. The summed E-state index contributed by atoms with van der Waals surface area (Å²) in [7, 11) is 0. The van der Waals surface area contributed by atoms with E-state index < -0.39 is 5.54 Å². The van der Waals surface area contributed by atoms with Gasteiger partial charge in [0.1, 0.15) is 11.3 Å². The molecular weight excluding hydrogens is 290 g/mol. The van der Waals surface area contributed by atoms with Gasteiger partial charge in [-0.25, -0.2) is 0 Å². The summed E-state index contributed by atoms with van der Waals surface area (Å²) >= 11 is 5.96. The second-order valence-corrected chi connectivity index (χ2v) is 5.40. The molecule has 0 radical (unpaired) electrons. The summed E-state index contributed by atoms with van der Waals surface area (Å²) in [6, 6.07) is 8.73. The molecule has 0 atom stereocenters. The number of nitriles is 2. The van der Waals surface area contributed by atoms with Crippen molar-refractivity contribution in [1.29, 1.82) is 10.5 Å². The minimum absolute atomic E-state index is 0.213. The monoisotopic (exact) mass is 303 g/mol.